The minimum atomic E-state index is -0.216. The van der Waals surface area contributed by atoms with Gasteiger partial charge < -0.3 is 11.1 Å². The van der Waals surface area contributed by atoms with Crippen LogP contribution in [0.4, 0.5) is 5.82 Å². The lowest BCUT2D eigenvalue weighted by Crippen LogP contribution is -2.32. The van der Waals surface area contributed by atoms with Gasteiger partial charge in [0.2, 0.25) is 0 Å². The molecule has 4 rings (SSSR count). The van der Waals surface area contributed by atoms with Crippen LogP contribution in [0.15, 0.2) is 35.5 Å². The first kappa shape index (κ1) is 16.5. The number of nitrogens with two attached hydrogens (primary N) is 1. The normalized spacial score (nSPS) is 14.3. The number of aliphatic imine (C=N–C) groups is 1. The summed E-state index contributed by atoms with van der Waals surface area (Å²) in [5.74, 6) is 0.894. The van der Waals surface area contributed by atoms with Gasteiger partial charge >= 0.3 is 0 Å². The summed E-state index contributed by atoms with van der Waals surface area (Å²) >= 11 is 6.44. The van der Waals surface area contributed by atoms with Gasteiger partial charge in [-0.3, -0.25) is 14.9 Å². The summed E-state index contributed by atoms with van der Waals surface area (Å²) in [5.41, 5.74) is 8.52. The average Bonchev–Trinajstić information content (AvgIpc) is 3.08. The van der Waals surface area contributed by atoms with Gasteiger partial charge in [-0.2, -0.15) is 5.10 Å². The topological polar surface area (TPSA) is 109 Å². The Morgan fingerprint density at radius 2 is 2.15 bits per heavy atom. The molecule has 0 radical (unpaired) electrons. The molecule has 1 aromatic carbocycles. The summed E-state index contributed by atoms with van der Waals surface area (Å²) in [4.78, 5) is 20.9. The molecule has 1 aliphatic rings. The fraction of sp³-hybridized carbons (Fsp3) is 0.222. The lowest BCUT2D eigenvalue weighted by atomic mass is 10.1. The molecule has 8 heteroatoms. The zero-order chi connectivity index (χ0) is 18.1. The molecule has 0 unspecified atom stereocenters. The lowest BCUT2D eigenvalue weighted by molar-refractivity contribution is 0.0976. The van der Waals surface area contributed by atoms with Gasteiger partial charge in [-0.1, -0.05) is 17.7 Å². The smallest absolute Gasteiger partial charge is 0.256 e. The van der Waals surface area contributed by atoms with E-state index >= 15 is 0 Å². The van der Waals surface area contributed by atoms with Crippen LogP contribution in [0.5, 0.6) is 0 Å². The number of amidine groups is 1. The maximum absolute atomic E-state index is 12.4. The first-order valence-corrected chi connectivity index (χ1v) is 8.74. The molecule has 1 aliphatic heterocycles. The molecule has 0 spiro atoms. The van der Waals surface area contributed by atoms with E-state index in [4.69, 9.17) is 17.3 Å². The van der Waals surface area contributed by atoms with Crippen LogP contribution in [-0.4, -0.2) is 33.5 Å². The van der Waals surface area contributed by atoms with Crippen LogP contribution < -0.4 is 11.1 Å². The van der Waals surface area contributed by atoms with Crippen molar-refractivity contribution < 1.29 is 4.79 Å². The number of amides is 1. The molecule has 4 N–H and O–H groups in total. The Balaban J connectivity index is 1.65. The lowest BCUT2D eigenvalue weighted by Gasteiger charge is -2.13. The minimum Gasteiger partial charge on any atom is -0.383 e. The van der Waals surface area contributed by atoms with Crippen LogP contribution in [0.2, 0.25) is 5.02 Å². The predicted octanol–water partition coefficient (Wildman–Crippen LogP) is 3.17. The monoisotopic (exact) mass is 368 g/mol. The third-order valence-corrected chi connectivity index (χ3v) is 4.69. The van der Waals surface area contributed by atoms with E-state index in [-0.39, 0.29) is 5.91 Å². The van der Waals surface area contributed by atoms with Crippen LogP contribution >= 0.6 is 11.6 Å². The highest BCUT2D eigenvalue weighted by Gasteiger charge is 2.17. The largest absolute Gasteiger partial charge is 0.383 e. The highest BCUT2D eigenvalue weighted by Crippen LogP contribution is 2.34. The number of anilines is 1. The standard InChI is InChI=1S/C18H17ClN6O/c19-12-9-10(18(26)23-14-3-1-2-7-21-14)4-5-11(12)16-15-13(24-25-16)6-8-22-17(15)20/h4-6,8-9H,1-3,7H2,(H2,20,22)(H,24,25)(H,21,23,26). The van der Waals surface area contributed by atoms with Gasteiger partial charge in [-0.25, -0.2) is 4.98 Å². The molecular weight excluding hydrogens is 352 g/mol. The molecule has 0 atom stereocenters. The number of carbonyl (C=O) groups excluding carboxylic acids is 1. The van der Waals surface area contributed by atoms with Crippen molar-refractivity contribution in [1.82, 2.24) is 20.5 Å². The molecular formula is C18H17ClN6O. The highest BCUT2D eigenvalue weighted by atomic mass is 35.5. The van der Waals surface area contributed by atoms with Crippen LogP contribution in [-0.2, 0) is 0 Å². The van der Waals surface area contributed by atoms with E-state index < -0.39 is 0 Å². The number of H-pyrrole nitrogens is 1. The van der Waals surface area contributed by atoms with Gasteiger partial charge in [-0.05, 0) is 31.0 Å². The van der Waals surface area contributed by atoms with Crippen molar-refractivity contribution in [2.45, 2.75) is 19.3 Å². The van der Waals surface area contributed by atoms with Crippen molar-refractivity contribution in [3.63, 3.8) is 0 Å². The summed E-state index contributed by atoms with van der Waals surface area (Å²) in [7, 11) is 0. The number of aromatic amines is 1. The van der Waals surface area contributed by atoms with Gasteiger partial charge in [0.05, 0.1) is 15.9 Å². The van der Waals surface area contributed by atoms with Gasteiger partial charge in [0.1, 0.15) is 17.3 Å². The van der Waals surface area contributed by atoms with Gasteiger partial charge in [0.15, 0.2) is 0 Å². The number of aromatic nitrogens is 3. The first-order chi connectivity index (χ1) is 12.6. The summed E-state index contributed by atoms with van der Waals surface area (Å²) in [6, 6.07) is 6.90. The minimum absolute atomic E-state index is 0.216. The van der Waals surface area contributed by atoms with Crippen molar-refractivity contribution in [2.75, 3.05) is 12.3 Å². The Morgan fingerprint density at radius 1 is 1.27 bits per heavy atom. The molecule has 3 aromatic rings. The van der Waals surface area contributed by atoms with E-state index in [2.05, 4.69) is 25.5 Å². The number of hydrogen-bond acceptors (Lipinski definition) is 5. The molecule has 0 aliphatic carbocycles. The van der Waals surface area contributed by atoms with Crippen LogP contribution in [0.3, 0.4) is 0 Å². The third kappa shape index (κ3) is 3.01. The Bertz CT molecular complexity index is 1030. The van der Waals surface area contributed by atoms with E-state index in [9.17, 15) is 4.79 Å². The maximum Gasteiger partial charge on any atom is 0.256 e. The number of halogens is 1. The molecule has 26 heavy (non-hydrogen) atoms. The molecule has 2 aromatic heterocycles. The van der Waals surface area contributed by atoms with Gasteiger partial charge in [0.25, 0.3) is 5.91 Å². The van der Waals surface area contributed by atoms with Crippen molar-refractivity contribution in [2.24, 2.45) is 4.99 Å². The molecule has 0 fully saturated rings. The quantitative estimate of drug-likeness (QED) is 0.645. The number of nitrogens with zero attached hydrogens (tertiary/aromatic N) is 3. The zero-order valence-corrected chi connectivity index (χ0v) is 14.7. The number of hydrogen-bond donors (Lipinski definition) is 3. The van der Waals surface area contributed by atoms with Crippen molar-refractivity contribution in [3.8, 4) is 11.3 Å². The Labute approximate surface area is 154 Å². The molecule has 7 nitrogen and oxygen atoms in total. The number of carbonyl (C=O) groups is 1. The van der Waals surface area contributed by atoms with E-state index in [0.717, 1.165) is 37.2 Å². The van der Waals surface area contributed by atoms with Crippen LogP contribution in [0, 0.1) is 0 Å². The predicted molar refractivity (Wildman–Crippen MR) is 102 cm³/mol. The zero-order valence-electron chi connectivity index (χ0n) is 13.9. The second-order valence-electron chi connectivity index (χ2n) is 6.13. The summed E-state index contributed by atoms with van der Waals surface area (Å²) in [6.45, 7) is 0.761. The second kappa shape index (κ2) is 6.76. The number of nitrogens with one attached hydrogen (secondary N) is 2. The van der Waals surface area contributed by atoms with Crippen molar-refractivity contribution in [3.05, 3.63) is 41.0 Å². The molecule has 0 saturated heterocycles. The number of nitrogen functional groups attached to an aromatic ring is 1. The molecule has 0 bridgehead atoms. The average molecular weight is 369 g/mol. The summed E-state index contributed by atoms with van der Waals surface area (Å²) < 4.78 is 0. The summed E-state index contributed by atoms with van der Waals surface area (Å²) in [5, 5.41) is 11.2. The Hall–Kier alpha value is -2.93. The molecule has 3 heterocycles. The van der Waals surface area contributed by atoms with E-state index in [0.29, 0.717) is 33.0 Å². The van der Waals surface area contributed by atoms with Crippen molar-refractivity contribution >= 4 is 40.1 Å². The molecule has 132 valence electrons. The van der Waals surface area contributed by atoms with E-state index in [1.807, 2.05) is 0 Å². The second-order valence-corrected chi connectivity index (χ2v) is 6.53. The molecule has 1 amide bonds. The number of benzene rings is 1. The van der Waals surface area contributed by atoms with Gasteiger partial charge in [-0.15, -0.1) is 0 Å². The van der Waals surface area contributed by atoms with Crippen LogP contribution in [0.1, 0.15) is 29.6 Å². The van der Waals surface area contributed by atoms with E-state index in [1.54, 1.807) is 30.5 Å². The highest BCUT2D eigenvalue weighted by molar-refractivity contribution is 6.34. The van der Waals surface area contributed by atoms with Gasteiger partial charge in [0, 0.05) is 30.3 Å². The SMILES string of the molecule is Nc1nccc2[nH]nc(-c3ccc(C(=O)NC4=NCCCC4)cc3Cl)c12. The fourth-order valence-corrected chi connectivity index (χ4v) is 3.31. The van der Waals surface area contributed by atoms with E-state index in [1.165, 1.54) is 0 Å². The van der Waals surface area contributed by atoms with Crippen LogP contribution in [0.25, 0.3) is 22.2 Å². The Morgan fingerprint density at radius 3 is 2.92 bits per heavy atom. The first-order valence-electron chi connectivity index (χ1n) is 8.36. The number of rotatable bonds is 2. The number of pyridine rings is 1. The maximum atomic E-state index is 12.4. The fourth-order valence-electron chi connectivity index (χ4n) is 3.04. The third-order valence-electron chi connectivity index (χ3n) is 4.37. The van der Waals surface area contributed by atoms with Crippen molar-refractivity contribution in [1.29, 1.82) is 0 Å². The summed E-state index contributed by atoms with van der Waals surface area (Å²) in [6.07, 6.45) is 4.52. The Kier molecular flexibility index (Phi) is 4.30. The molecule has 0 saturated carbocycles. The number of fused-ring (bicyclic) bond motifs is 1.